The quantitative estimate of drug-likeness (QED) is 0.217. The van der Waals surface area contributed by atoms with E-state index in [1.807, 2.05) is 0 Å². The first-order valence-electron chi connectivity index (χ1n) is 12.1. The third-order valence-corrected chi connectivity index (χ3v) is 13.0. The summed E-state index contributed by atoms with van der Waals surface area (Å²) in [5, 5.41) is 0. The Morgan fingerprint density at radius 1 is 0.600 bits per heavy atom. The van der Waals surface area contributed by atoms with Crippen molar-refractivity contribution >= 4 is 40.3 Å². The van der Waals surface area contributed by atoms with Gasteiger partial charge in [-0.25, -0.2) is 0 Å². The van der Waals surface area contributed by atoms with Crippen LogP contribution < -0.4 is 0 Å². The van der Waals surface area contributed by atoms with E-state index < -0.39 is 19.4 Å². The summed E-state index contributed by atoms with van der Waals surface area (Å²) in [5.74, 6) is 0. The fourth-order valence-corrected chi connectivity index (χ4v) is 10.0. The molecule has 3 heteroatoms. The number of allylic oxidation sites excluding steroid dienone is 2. The van der Waals surface area contributed by atoms with E-state index in [2.05, 4.69) is 109 Å². The molecule has 0 heterocycles. The van der Waals surface area contributed by atoms with Gasteiger partial charge in [-0.2, -0.15) is 0 Å². The molecular formula is C32H25Cl2Zr. The van der Waals surface area contributed by atoms with E-state index >= 15 is 0 Å². The summed E-state index contributed by atoms with van der Waals surface area (Å²) in [6.07, 6.45) is 7.52. The first kappa shape index (κ1) is 23.2. The number of hydrogen-bond acceptors (Lipinski definition) is 0. The molecule has 0 radical (unpaired) electrons. The van der Waals surface area contributed by atoms with Crippen molar-refractivity contribution in [1.29, 1.82) is 0 Å². The zero-order chi connectivity index (χ0) is 23.8. The van der Waals surface area contributed by atoms with Gasteiger partial charge in [-0.15, -0.1) is 0 Å². The summed E-state index contributed by atoms with van der Waals surface area (Å²) in [6.45, 7) is 0. The number of benzene rings is 4. The van der Waals surface area contributed by atoms with Crippen LogP contribution in [0.1, 0.15) is 48.1 Å². The summed E-state index contributed by atoms with van der Waals surface area (Å²) < 4.78 is 0.228. The van der Waals surface area contributed by atoms with Gasteiger partial charge in [0.05, 0.1) is 0 Å². The molecule has 0 saturated heterocycles. The Balaban J connectivity index is 1.30. The molecule has 0 fully saturated rings. The van der Waals surface area contributed by atoms with Gasteiger partial charge in [0.25, 0.3) is 0 Å². The van der Waals surface area contributed by atoms with Crippen molar-refractivity contribution in [2.24, 2.45) is 0 Å². The van der Waals surface area contributed by atoms with Crippen LogP contribution in [0.4, 0.5) is 0 Å². The van der Waals surface area contributed by atoms with Crippen molar-refractivity contribution in [3.63, 3.8) is 0 Å². The molecule has 4 aromatic carbocycles. The van der Waals surface area contributed by atoms with Crippen LogP contribution in [0.15, 0.2) is 97.1 Å². The molecule has 171 valence electrons. The molecule has 2 aliphatic rings. The van der Waals surface area contributed by atoms with Crippen LogP contribution in [-0.2, 0) is 38.6 Å². The molecule has 1 unspecified atom stereocenters. The maximum absolute atomic E-state index is 6.89. The Kier molecular flexibility index (Phi) is 6.68. The predicted octanol–water partition coefficient (Wildman–Crippen LogP) is 9.09. The molecule has 1 atom stereocenters. The van der Waals surface area contributed by atoms with Crippen molar-refractivity contribution in [1.82, 2.24) is 0 Å². The van der Waals surface area contributed by atoms with Gasteiger partial charge < -0.3 is 0 Å². The van der Waals surface area contributed by atoms with Crippen LogP contribution in [-0.4, -0.2) is 0 Å². The SMILES string of the molecule is [Cl][Zr]([Cl])[CH](Cc1cccc2c1CC(c1ccccc1)=C2)c1cccc2c1CC(c1ccccc1)=C2. The van der Waals surface area contributed by atoms with E-state index in [4.69, 9.17) is 17.0 Å². The van der Waals surface area contributed by atoms with Crippen LogP contribution in [0.3, 0.4) is 0 Å². The summed E-state index contributed by atoms with van der Waals surface area (Å²) >= 11 is -2.64. The van der Waals surface area contributed by atoms with E-state index in [9.17, 15) is 0 Å². The summed E-state index contributed by atoms with van der Waals surface area (Å²) in [4.78, 5) is 0. The van der Waals surface area contributed by atoms with Gasteiger partial charge in [0, 0.05) is 0 Å². The number of fused-ring (bicyclic) bond motifs is 2. The van der Waals surface area contributed by atoms with Crippen molar-refractivity contribution in [2.45, 2.75) is 22.9 Å². The van der Waals surface area contributed by atoms with Gasteiger partial charge in [0.15, 0.2) is 0 Å². The minimum absolute atomic E-state index is 0.228. The number of halogens is 2. The molecule has 0 bridgehead atoms. The van der Waals surface area contributed by atoms with E-state index in [-0.39, 0.29) is 3.63 Å². The van der Waals surface area contributed by atoms with Crippen LogP contribution in [0, 0.1) is 0 Å². The predicted molar refractivity (Wildman–Crippen MR) is 147 cm³/mol. The van der Waals surface area contributed by atoms with E-state index in [1.165, 1.54) is 55.7 Å². The monoisotopic (exact) mass is 569 g/mol. The molecule has 6 rings (SSSR count). The average molecular weight is 572 g/mol. The third kappa shape index (κ3) is 4.67. The van der Waals surface area contributed by atoms with E-state index in [1.54, 1.807) is 0 Å². The summed E-state index contributed by atoms with van der Waals surface area (Å²) in [7, 11) is 13.8. The first-order valence-corrected chi connectivity index (χ1v) is 19.8. The molecule has 0 spiro atoms. The van der Waals surface area contributed by atoms with Crippen molar-refractivity contribution in [3.05, 3.63) is 142 Å². The Morgan fingerprint density at radius 2 is 1.14 bits per heavy atom. The minimum atomic E-state index is -2.64. The molecule has 35 heavy (non-hydrogen) atoms. The normalized spacial score (nSPS) is 14.7. The maximum atomic E-state index is 6.89. The van der Waals surface area contributed by atoms with Gasteiger partial charge in [0.2, 0.25) is 0 Å². The van der Waals surface area contributed by atoms with Crippen molar-refractivity contribution in [3.8, 4) is 0 Å². The topological polar surface area (TPSA) is 0 Å². The van der Waals surface area contributed by atoms with Gasteiger partial charge in [0.1, 0.15) is 0 Å². The first-order chi connectivity index (χ1) is 17.2. The second-order valence-corrected chi connectivity index (χ2v) is 18.5. The van der Waals surface area contributed by atoms with E-state index in [0.29, 0.717) is 0 Å². The second kappa shape index (κ2) is 10.1. The zero-order valence-corrected chi connectivity index (χ0v) is 23.3. The number of rotatable bonds is 6. The summed E-state index contributed by atoms with van der Waals surface area (Å²) in [6, 6.07) is 34.8. The molecule has 0 saturated carbocycles. The Morgan fingerprint density at radius 3 is 1.74 bits per heavy atom. The number of hydrogen-bond donors (Lipinski definition) is 0. The molecule has 0 nitrogen and oxygen atoms in total. The fourth-order valence-electron chi connectivity index (χ4n) is 5.54. The van der Waals surface area contributed by atoms with Gasteiger partial charge in [-0.3, -0.25) is 0 Å². The standard InChI is InChI=1S/C32H25.2ClH.Zr/c1-3-9-23(10-4-1)29-19-27-15-7-13-25(31(27)21-29)17-18-26-14-8-16-28-20-30(22-32(26)28)24-11-5-2-6-12-24;;;/h1-17,19-20H,18,21-22H2;2*1H;/q;;;+2/p-2. The van der Waals surface area contributed by atoms with Crippen LogP contribution in [0.25, 0.3) is 23.3 Å². The molecule has 0 aliphatic heterocycles. The second-order valence-electron chi connectivity index (χ2n) is 9.37. The zero-order valence-electron chi connectivity index (χ0n) is 19.3. The Labute approximate surface area is 222 Å². The van der Waals surface area contributed by atoms with Gasteiger partial charge in [-0.1, -0.05) is 0 Å². The van der Waals surface area contributed by atoms with Crippen molar-refractivity contribution in [2.75, 3.05) is 0 Å². The molecule has 4 aromatic rings. The molecular weight excluding hydrogens is 546 g/mol. The molecule has 0 aromatic heterocycles. The summed E-state index contributed by atoms with van der Waals surface area (Å²) in [5.41, 5.74) is 13.6. The van der Waals surface area contributed by atoms with Gasteiger partial charge in [-0.05, 0) is 0 Å². The third-order valence-electron chi connectivity index (χ3n) is 7.30. The van der Waals surface area contributed by atoms with E-state index in [0.717, 1.165) is 19.3 Å². The van der Waals surface area contributed by atoms with Crippen LogP contribution >= 0.6 is 17.0 Å². The Bertz CT molecular complexity index is 1440. The van der Waals surface area contributed by atoms with Crippen LogP contribution in [0.5, 0.6) is 0 Å². The fraction of sp³-hybridized carbons (Fsp3) is 0.125. The Hall–Kier alpha value is -2.18. The average Bonchev–Trinajstić information content (AvgIpc) is 3.53. The molecule has 0 amide bonds. The van der Waals surface area contributed by atoms with Crippen molar-refractivity contribution < 1.29 is 19.4 Å². The molecule has 2 aliphatic carbocycles. The van der Waals surface area contributed by atoms with Gasteiger partial charge >= 0.3 is 224 Å². The molecule has 0 N–H and O–H groups in total. The van der Waals surface area contributed by atoms with Crippen LogP contribution in [0.2, 0.25) is 0 Å².